The lowest BCUT2D eigenvalue weighted by Gasteiger charge is -2.17. The third kappa shape index (κ3) is 3.44. The van der Waals surface area contributed by atoms with E-state index in [1.807, 2.05) is 24.3 Å². The third-order valence-corrected chi connectivity index (χ3v) is 4.65. The fraction of sp³-hybridized carbons (Fsp3) is 0.143. The van der Waals surface area contributed by atoms with Crippen LogP contribution in [0.5, 0.6) is 0 Å². The van der Waals surface area contributed by atoms with Gasteiger partial charge in [0.2, 0.25) is 5.91 Å². The number of fused-ring (bicyclic) bond motifs is 1. The molecule has 2 heterocycles. The summed E-state index contributed by atoms with van der Waals surface area (Å²) in [6.07, 6.45) is 2.17. The van der Waals surface area contributed by atoms with E-state index in [0.29, 0.717) is 17.7 Å². The molecule has 3 aromatic rings. The van der Waals surface area contributed by atoms with E-state index in [2.05, 4.69) is 10.3 Å². The summed E-state index contributed by atoms with van der Waals surface area (Å²) in [5, 5.41) is 2.83. The van der Waals surface area contributed by atoms with E-state index in [0.717, 1.165) is 28.4 Å². The van der Waals surface area contributed by atoms with Crippen molar-refractivity contribution in [3.63, 3.8) is 0 Å². The molecule has 0 radical (unpaired) electrons. The summed E-state index contributed by atoms with van der Waals surface area (Å²) in [6, 6.07) is 12.2. The maximum absolute atomic E-state index is 13.5. The van der Waals surface area contributed by atoms with Gasteiger partial charge < -0.3 is 11.1 Å². The van der Waals surface area contributed by atoms with Gasteiger partial charge in [-0.05, 0) is 47.4 Å². The molecule has 1 aliphatic rings. The largest absolute Gasteiger partial charge is 0.326 e. The fourth-order valence-corrected chi connectivity index (χ4v) is 3.52. The predicted molar refractivity (Wildman–Crippen MR) is 99.0 cm³/mol. The van der Waals surface area contributed by atoms with Gasteiger partial charge in [-0.1, -0.05) is 18.2 Å². The molecule has 0 fully saturated rings. The Morgan fingerprint density at radius 2 is 1.81 bits per heavy atom. The number of nitrogens with zero attached hydrogens (tertiary/aromatic N) is 1. The average molecular weight is 365 g/mol. The van der Waals surface area contributed by atoms with Gasteiger partial charge in [-0.25, -0.2) is 8.78 Å². The van der Waals surface area contributed by atoms with Crippen molar-refractivity contribution in [3.05, 3.63) is 83.2 Å². The Bertz CT molecular complexity index is 1020. The van der Waals surface area contributed by atoms with Gasteiger partial charge in [0.25, 0.3) is 0 Å². The van der Waals surface area contributed by atoms with E-state index in [4.69, 9.17) is 5.73 Å². The minimum atomic E-state index is -0.635. The predicted octanol–water partition coefficient (Wildman–Crippen LogP) is 3.76. The topological polar surface area (TPSA) is 68.0 Å². The van der Waals surface area contributed by atoms with Gasteiger partial charge in [0.05, 0.1) is 18.2 Å². The molecular weight excluding hydrogens is 348 g/mol. The van der Waals surface area contributed by atoms with Gasteiger partial charge >= 0.3 is 0 Å². The molecule has 136 valence electrons. The fourth-order valence-electron chi connectivity index (χ4n) is 3.52. The highest BCUT2D eigenvalue weighted by atomic mass is 19.1. The maximum atomic E-state index is 13.5. The number of pyridine rings is 1. The highest BCUT2D eigenvalue weighted by Gasteiger charge is 2.23. The summed E-state index contributed by atoms with van der Waals surface area (Å²) in [7, 11) is 0. The number of hydrogen-bond donors (Lipinski definition) is 2. The van der Waals surface area contributed by atoms with Gasteiger partial charge in [-0.2, -0.15) is 0 Å². The number of hydrogen-bond acceptors (Lipinski definition) is 3. The lowest BCUT2D eigenvalue weighted by atomic mass is 9.92. The van der Waals surface area contributed by atoms with E-state index in [-0.39, 0.29) is 12.3 Å². The number of nitrogens with one attached hydrogen (secondary N) is 1. The molecule has 1 atom stereocenters. The van der Waals surface area contributed by atoms with Crippen LogP contribution >= 0.6 is 0 Å². The Morgan fingerprint density at radius 1 is 1.07 bits per heavy atom. The van der Waals surface area contributed by atoms with Crippen LogP contribution in [0.2, 0.25) is 0 Å². The van der Waals surface area contributed by atoms with Crippen molar-refractivity contribution in [3.8, 4) is 11.1 Å². The number of anilines is 1. The molecule has 1 aliphatic heterocycles. The molecule has 4 nitrogen and oxygen atoms in total. The van der Waals surface area contributed by atoms with Crippen molar-refractivity contribution < 1.29 is 13.6 Å². The van der Waals surface area contributed by atoms with Crippen LogP contribution in [0.1, 0.15) is 22.9 Å². The van der Waals surface area contributed by atoms with Crippen LogP contribution in [0.15, 0.2) is 54.7 Å². The van der Waals surface area contributed by atoms with E-state index in [9.17, 15) is 13.6 Å². The molecule has 0 bridgehead atoms. The van der Waals surface area contributed by atoms with Crippen LogP contribution in [0.25, 0.3) is 11.1 Å². The summed E-state index contributed by atoms with van der Waals surface area (Å²) in [6.45, 7) is 0. The summed E-state index contributed by atoms with van der Waals surface area (Å²) >= 11 is 0. The number of halogens is 2. The molecule has 2 aromatic carbocycles. The molecule has 0 spiro atoms. The van der Waals surface area contributed by atoms with Crippen molar-refractivity contribution in [1.82, 2.24) is 4.98 Å². The lowest BCUT2D eigenvalue weighted by molar-refractivity contribution is -0.115. The first-order valence-corrected chi connectivity index (χ1v) is 8.59. The number of rotatable bonds is 4. The zero-order chi connectivity index (χ0) is 19.0. The van der Waals surface area contributed by atoms with E-state index in [1.54, 1.807) is 12.3 Å². The van der Waals surface area contributed by atoms with Crippen molar-refractivity contribution in [1.29, 1.82) is 0 Å². The Morgan fingerprint density at radius 3 is 2.59 bits per heavy atom. The maximum Gasteiger partial charge on any atom is 0.228 e. The second kappa shape index (κ2) is 6.89. The normalized spacial score (nSPS) is 14.0. The molecule has 1 amide bonds. The monoisotopic (exact) mass is 365 g/mol. The number of carbonyl (C=O) groups is 1. The van der Waals surface area contributed by atoms with Crippen LogP contribution < -0.4 is 11.1 Å². The molecule has 1 unspecified atom stereocenters. The van der Waals surface area contributed by atoms with Gasteiger partial charge in [-0.3, -0.25) is 9.78 Å². The smallest absolute Gasteiger partial charge is 0.228 e. The van der Waals surface area contributed by atoms with Crippen molar-refractivity contribution in [2.24, 2.45) is 5.73 Å². The zero-order valence-corrected chi connectivity index (χ0v) is 14.4. The quantitative estimate of drug-likeness (QED) is 0.740. The van der Waals surface area contributed by atoms with Crippen molar-refractivity contribution >= 4 is 11.6 Å². The Balaban J connectivity index is 1.72. The number of aromatic nitrogens is 1. The van der Waals surface area contributed by atoms with E-state index >= 15 is 0 Å². The van der Waals surface area contributed by atoms with Crippen LogP contribution in [-0.4, -0.2) is 10.9 Å². The zero-order valence-electron chi connectivity index (χ0n) is 14.4. The standard InChI is InChI=1S/C21H17F2N3O/c22-13-7-12(8-14(23)10-13)9-18(24)21-16(4-2-6-25-21)15-3-1-5-19-17(15)11-20(27)26-19/h1-8,10,18H,9,11,24H2,(H,26,27). The molecule has 0 saturated heterocycles. The van der Waals surface area contributed by atoms with Crippen LogP contribution in [-0.2, 0) is 17.6 Å². The Labute approximate surface area is 155 Å². The van der Waals surface area contributed by atoms with Crippen LogP contribution in [0.4, 0.5) is 14.5 Å². The third-order valence-electron chi connectivity index (χ3n) is 4.65. The Hall–Kier alpha value is -3.12. The molecule has 0 aliphatic carbocycles. The molecule has 1 aromatic heterocycles. The minimum Gasteiger partial charge on any atom is -0.326 e. The van der Waals surface area contributed by atoms with Gasteiger partial charge in [0.1, 0.15) is 11.6 Å². The van der Waals surface area contributed by atoms with Crippen LogP contribution in [0.3, 0.4) is 0 Å². The first-order valence-electron chi connectivity index (χ1n) is 8.59. The van der Waals surface area contributed by atoms with E-state index in [1.165, 1.54) is 12.1 Å². The highest BCUT2D eigenvalue weighted by Crippen LogP contribution is 2.36. The summed E-state index contributed by atoms with van der Waals surface area (Å²) in [5.74, 6) is -1.32. The molecule has 0 saturated carbocycles. The Kier molecular flexibility index (Phi) is 4.41. The van der Waals surface area contributed by atoms with Gasteiger partial charge in [0.15, 0.2) is 0 Å². The number of carbonyl (C=O) groups excluding carboxylic acids is 1. The van der Waals surface area contributed by atoms with Gasteiger partial charge in [0, 0.05) is 23.5 Å². The second-order valence-corrected chi connectivity index (χ2v) is 6.58. The van der Waals surface area contributed by atoms with E-state index < -0.39 is 17.7 Å². The summed E-state index contributed by atoms with van der Waals surface area (Å²) < 4.78 is 27.0. The van der Waals surface area contributed by atoms with Crippen LogP contribution in [0, 0.1) is 11.6 Å². The van der Waals surface area contributed by atoms with Gasteiger partial charge in [-0.15, -0.1) is 0 Å². The number of nitrogens with two attached hydrogens (primary N) is 1. The molecule has 6 heteroatoms. The molecular formula is C21H17F2N3O. The van der Waals surface area contributed by atoms with Crippen molar-refractivity contribution in [2.75, 3.05) is 5.32 Å². The highest BCUT2D eigenvalue weighted by molar-refractivity contribution is 6.01. The second-order valence-electron chi connectivity index (χ2n) is 6.58. The minimum absolute atomic E-state index is 0.0533. The molecule has 4 rings (SSSR count). The van der Waals surface area contributed by atoms with Crippen molar-refractivity contribution in [2.45, 2.75) is 18.9 Å². The summed E-state index contributed by atoms with van der Waals surface area (Å²) in [5.41, 5.74) is 10.8. The molecule has 3 N–H and O–H groups in total. The number of amides is 1. The first-order chi connectivity index (χ1) is 13.0. The molecule has 27 heavy (non-hydrogen) atoms. The summed E-state index contributed by atoms with van der Waals surface area (Å²) in [4.78, 5) is 16.2. The number of benzene rings is 2. The average Bonchev–Trinajstić information content (AvgIpc) is 3.01. The lowest BCUT2D eigenvalue weighted by Crippen LogP contribution is -2.16. The SMILES string of the molecule is NC(Cc1cc(F)cc(F)c1)c1ncccc1-c1cccc2c1CC(=O)N2. The first kappa shape index (κ1) is 17.3.